The monoisotopic (exact) mass is 312 g/mol. The predicted molar refractivity (Wildman–Crippen MR) is 72.4 cm³/mol. The third kappa shape index (κ3) is 3.35. The van der Waals surface area contributed by atoms with Crippen molar-refractivity contribution in [2.24, 2.45) is 0 Å². The predicted octanol–water partition coefficient (Wildman–Crippen LogP) is 3.82. The molecule has 1 aromatic carbocycles. The van der Waals surface area contributed by atoms with E-state index in [9.17, 15) is 0 Å². The van der Waals surface area contributed by atoms with Gasteiger partial charge >= 0.3 is 0 Å². The molecule has 17 heavy (non-hydrogen) atoms. The highest BCUT2D eigenvalue weighted by molar-refractivity contribution is 9.10. The smallest absolute Gasteiger partial charge is 0.133 e. The number of nitrogens with zero attached hydrogens (tertiary/aromatic N) is 1. The lowest BCUT2D eigenvalue weighted by atomic mass is 10.3. The van der Waals surface area contributed by atoms with Crippen molar-refractivity contribution in [3.05, 3.63) is 51.7 Å². The van der Waals surface area contributed by atoms with Crippen molar-refractivity contribution in [2.75, 3.05) is 5.32 Å². The molecule has 1 heterocycles. The minimum absolute atomic E-state index is 0.162. The second-order valence-corrected chi connectivity index (χ2v) is 4.81. The summed E-state index contributed by atoms with van der Waals surface area (Å²) in [6, 6.07) is 9.00. The van der Waals surface area contributed by atoms with Gasteiger partial charge in [-0.1, -0.05) is 27.5 Å². The Morgan fingerprint density at radius 1 is 1.29 bits per heavy atom. The molecule has 0 atom stereocenters. The first-order chi connectivity index (χ1) is 8.15. The SMILES string of the molecule is Oc1ccc(CNc2ccc(Br)cc2Cl)nc1. The summed E-state index contributed by atoms with van der Waals surface area (Å²) in [4.78, 5) is 4.08. The molecule has 0 bridgehead atoms. The number of hydrogen-bond donors (Lipinski definition) is 2. The third-order valence-electron chi connectivity index (χ3n) is 2.20. The average Bonchev–Trinajstić information content (AvgIpc) is 2.30. The largest absolute Gasteiger partial charge is 0.506 e. The number of pyridine rings is 1. The Morgan fingerprint density at radius 2 is 2.12 bits per heavy atom. The Bertz CT molecular complexity index is 516. The Balaban J connectivity index is 2.04. The van der Waals surface area contributed by atoms with Crippen LogP contribution in [0, 0.1) is 0 Å². The van der Waals surface area contributed by atoms with Gasteiger partial charge in [-0.25, -0.2) is 0 Å². The fraction of sp³-hybridized carbons (Fsp3) is 0.0833. The van der Waals surface area contributed by atoms with Crippen LogP contribution < -0.4 is 5.32 Å². The molecule has 0 fully saturated rings. The summed E-state index contributed by atoms with van der Waals surface area (Å²) < 4.78 is 0.941. The van der Waals surface area contributed by atoms with E-state index in [1.54, 1.807) is 12.1 Å². The van der Waals surface area contributed by atoms with E-state index in [0.717, 1.165) is 15.9 Å². The lowest BCUT2D eigenvalue weighted by Gasteiger charge is -2.08. The molecule has 3 nitrogen and oxygen atoms in total. The van der Waals surface area contributed by atoms with Crippen LogP contribution >= 0.6 is 27.5 Å². The summed E-state index contributed by atoms with van der Waals surface area (Å²) in [5.41, 5.74) is 1.69. The van der Waals surface area contributed by atoms with Crippen molar-refractivity contribution in [2.45, 2.75) is 6.54 Å². The first-order valence-electron chi connectivity index (χ1n) is 4.98. The van der Waals surface area contributed by atoms with Gasteiger partial charge in [0.15, 0.2) is 0 Å². The van der Waals surface area contributed by atoms with Crippen molar-refractivity contribution < 1.29 is 5.11 Å². The molecule has 2 rings (SSSR count). The molecule has 0 radical (unpaired) electrons. The molecular formula is C12H10BrClN2O. The van der Waals surface area contributed by atoms with Crippen LogP contribution in [-0.4, -0.2) is 10.1 Å². The van der Waals surface area contributed by atoms with E-state index >= 15 is 0 Å². The second-order valence-electron chi connectivity index (χ2n) is 3.49. The molecule has 0 amide bonds. The van der Waals surface area contributed by atoms with Crippen molar-refractivity contribution in [1.29, 1.82) is 0 Å². The minimum Gasteiger partial charge on any atom is -0.506 e. The first-order valence-corrected chi connectivity index (χ1v) is 6.15. The van der Waals surface area contributed by atoms with E-state index in [2.05, 4.69) is 26.2 Å². The normalized spacial score (nSPS) is 10.2. The lowest BCUT2D eigenvalue weighted by Crippen LogP contribution is -2.01. The summed E-state index contributed by atoms with van der Waals surface area (Å²) in [5.74, 6) is 0.162. The lowest BCUT2D eigenvalue weighted by molar-refractivity contribution is 0.472. The molecular weight excluding hydrogens is 304 g/mol. The maximum absolute atomic E-state index is 9.11. The molecule has 2 N–H and O–H groups in total. The summed E-state index contributed by atoms with van der Waals surface area (Å²) in [6.45, 7) is 0.557. The Kier molecular flexibility index (Phi) is 3.86. The van der Waals surface area contributed by atoms with E-state index in [0.29, 0.717) is 11.6 Å². The minimum atomic E-state index is 0.162. The fourth-order valence-electron chi connectivity index (χ4n) is 1.34. The van der Waals surface area contributed by atoms with Gasteiger partial charge in [0.2, 0.25) is 0 Å². The van der Waals surface area contributed by atoms with E-state index in [1.165, 1.54) is 6.20 Å². The van der Waals surface area contributed by atoms with E-state index in [1.807, 2.05) is 18.2 Å². The van der Waals surface area contributed by atoms with Crippen molar-refractivity contribution in [3.63, 3.8) is 0 Å². The number of benzene rings is 1. The number of nitrogens with one attached hydrogen (secondary N) is 1. The van der Waals surface area contributed by atoms with Gasteiger partial charge in [0.05, 0.1) is 29.1 Å². The molecule has 0 aliphatic rings. The number of rotatable bonds is 3. The number of anilines is 1. The molecule has 88 valence electrons. The zero-order chi connectivity index (χ0) is 12.3. The van der Waals surface area contributed by atoms with Gasteiger partial charge in [0.25, 0.3) is 0 Å². The van der Waals surface area contributed by atoms with E-state index < -0.39 is 0 Å². The fourth-order valence-corrected chi connectivity index (χ4v) is 2.08. The summed E-state index contributed by atoms with van der Waals surface area (Å²) in [6.07, 6.45) is 1.42. The number of hydrogen-bond acceptors (Lipinski definition) is 3. The van der Waals surface area contributed by atoms with Gasteiger partial charge in [-0.15, -0.1) is 0 Å². The highest BCUT2D eigenvalue weighted by atomic mass is 79.9. The quantitative estimate of drug-likeness (QED) is 0.905. The molecule has 1 aromatic heterocycles. The summed E-state index contributed by atoms with van der Waals surface area (Å²) >= 11 is 9.42. The van der Waals surface area contributed by atoms with Gasteiger partial charge in [-0.3, -0.25) is 4.98 Å². The van der Waals surface area contributed by atoms with Gasteiger partial charge in [-0.2, -0.15) is 0 Å². The van der Waals surface area contributed by atoms with Crippen LogP contribution in [0.25, 0.3) is 0 Å². The Morgan fingerprint density at radius 3 is 2.76 bits per heavy atom. The van der Waals surface area contributed by atoms with Crippen molar-refractivity contribution in [3.8, 4) is 5.75 Å². The van der Waals surface area contributed by atoms with Gasteiger partial charge in [0.1, 0.15) is 5.75 Å². The van der Waals surface area contributed by atoms with Crippen LogP contribution in [0.2, 0.25) is 5.02 Å². The van der Waals surface area contributed by atoms with Crippen LogP contribution in [0.5, 0.6) is 5.75 Å². The Labute approximate surface area is 113 Å². The molecule has 5 heteroatoms. The maximum atomic E-state index is 9.11. The third-order valence-corrected chi connectivity index (χ3v) is 3.01. The number of aromatic nitrogens is 1. The highest BCUT2D eigenvalue weighted by Gasteiger charge is 2.01. The number of aromatic hydroxyl groups is 1. The van der Waals surface area contributed by atoms with Crippen molar-refractivity contribution in [1.82, 2.24) is 4.98 Å². The van der Waals surface area contributed by atoms with Crippen LogP contribution in [0.1, 0.15) is 5.69 Å². The van der Waals surface area contributed by atoms with E-state index in [-0.39, 0.29) is 5.75 Å². The molecule has 2 aromatic rings. The van der Waals surface area contributed by atoms with Crippen LogP contribution in [-0.2, 0) is 6.54 Å². The van der Waals surface area contributed by atoms with E-state index in [4.69, 9.17) is 16.7 Å². The van der Waals surface area contributed by atoms with Crippen LogP contribution in [0.3, 0.4) is 0 Å². The molecule has 0 spiro atoms. The van der Waals surface area contributed by atoms with Gasteiger partial charge < -0.3 is 10.4 Å². The van der Waals surface area contributed by atoms with Crippen LogP contribution in [0.4, 0.5) is 5.69 Å². The average molecular weight is 314 g/mol. The Hall–Kier alpha value is -1.26. The molecule has 0 unspecified atom stereocenters. The first kappa shape index (κ1) is 12.2. The zero-order valence-electron chi connectivity index (χ0n) is 8.82. The van der Waals surface area contributed by atoms with Crippen LogP contribution in [0.15, 0.2) is 41.0 Å². The standard InChI is InChI=1S/C12H10BrClN2O/c13-8-1-4-12(11(14)5-8)16-6-9-2-3-10(17)7-15-9/h1-5,7,16-17H,6H2. The number of halogens is 2. The van der Waals surface area contributed by atoms with Gasteiger partial charge in [0, 0.05) is 4.47 Å². The zero-order valence-corrected chi connectivity index (χ0v) is 11.2. The highest BCUT2D eigenvalue weighted by Crippen LogP contribution is 2.25. The van der Waals surface area contributed by atoms with Crippen molar-refractivity contribution >= 4 is 33.2 Å². The topological polar surface area (TPSA) is 45.1 Å². The molecule has 0 aliphatic carbocycles. The van der Waals surface area contributed by atoms with Gasteiger partial charge in [-0.05, 0) is 30.3 Å². The second kappa shape index (κ2) is 5.38. The summed E-state index contributed by atoms with van der Waals surface area (Å²) in [5, 5.41) is 12.9. The summed E-state index contributed by atoms with van der Waals surface area (Å²) in [7, 11) is 0. The maximum Gasteiger partial charge on any atom is 0.133 e. The molecule has 0 aliphatic heterocycles. The molecule has 0 saturated heterocycles. The molecule has 0 saturated carbocycles.